The number of hydrogen-bond acceptors (Lipinski definition) is 18. The van der Waals surface area contributed by atoms with E-state index in [0.29, 0.717) is 39.1 Å². The zero-order valence-corrected chi connectivity index (χ0v) is 47.0. The number of methoxy groups -OCH3 is 6. The van der Waals surface area contributed by atoms with Gasteiger partial charge in [0.25, 0.3) is 0 Å². The lowest BCUT2D eigenvalue weighted by Crippen LogP contribution is -2.22. The molecule has 3 unspecified atom stereocenters. The van der Waals surface area contributed by atoms with Gasteiger partial charge in [-0.1, -0.05) is 18.2 Å². The number of benzene rings is 6. The maximum absolute atomic E-state index is 9.19. The summed E-state index contributed by atoms with van der Waals surface area (Å²) in [5.41, 5.74) is 0.290. The van der Waals surface area contributed by atoms with Gasteiger partial charge in [-0.2, -0.15) is 0 Å². The fourth-order valence-electron chi connectivity index (χ4n) is 9.98. The Balaban J connectivity index is 1.09. The third kappa shape index (κ3) is 17.3. The van der Waals surface area contributed by atoms with Crippen LogP contribution in [0.2, 0.25) is 0 Å². The minimum atomic E-state index is -3.81. The summed E-state index contributed by atoms with van der Waals surface area (Å²) in [4.78, 5) is 0. The summed E-state index contributed by atoms with van der Waals surface area (Å²) in [6, 6.07) is 16.5. The quantitative estimate of drug-likeness (QED) is 0.0417. The molecule has 18 nitrogen and oxygen atoms in total. The number of rotatable bonds is 30. The molecule has 0 aromatic heterocycles. The van der Waals surface area contributed by atoms with Gasteiger partial charge in [0.05, 0.1) is 103 Å². The van der Waals surface area contributed by atoms with Crippen LogP contribution in [0.25, 0.3) is 0 Å². The second kappa shape index (κ2) is 32.1. The van der Waals surface area contributed by atoms with E-state index in [-0.39, 0.29) is 69.9 Å². The third-order valence-corrected chi connectivity index (χ3v) is 14.4. The second-order valence-corrected chi connectivity index (χ2v) is 20.2. The standard InChI is InChI=1S/C69H84O18/c1-70-58-31-46(43-85-67-13-7-10-22-82-67)16-19-55(58)76-25-28-79-64-40-52-34-50-38-62(74-5)66(81-30-27-78-57-21-18-48(33-60(57)72-3)45-87-69-15-9-12-24-84-69)42-54(50)36-51-39-63(75-6)65(41-53(51)35-49(52)37-61(64)73-4)80-29-26-77-56-20-17-47(32-59(56)71-2)44-86-68-14-8-11-23-83-68/h16-21,31-33,37-42,67-69H,7-15,22-30,34-36,43-45H2,1-6H3/i1D3,2D3,3D3,4D3,5D3,6D3,25D2,26D2,27D2,28D2,29D2,30D2. The topological polar surface area (TPSA) is 166 Å². The van der Waals surface area contributed by atoms with Crippen molar-refractivity contribution >= 4 is 0 Å². The molecule has 0 radical (unpaired) electrons. The normalized spacial score (nSPS) is 24.3. The molecule has 0 bridgehead atoms. The minimum absolute atomic E-state index is 0.0824. The first-order valence-corrected chi connectivity index (χ1v) is 27.9. The van der Waals surface area contributed by atoms with Gasteiger partial charge in [-0.05, 0) is 200 Å². The second-order valence-electron chi connectivity index (χ2n) is 20.2. The fraction of sp³-hybridized carbons (Fsp3) is 0.478. The van der Waals surface area contributed by atoms with E-state index in [1.54, 1.807) is 0 Å². The van der Waals surface area contributed by atoms with Gasteiger partial charge < -0.3 is 85.3 Å². The first-order chi connectivity index (χ1) is 54.0. The van der Waals surface area contributed by atoms with Crippen LogP contribution in [0.5, 0.6) is 69.0 Å². The zero-order chi connectivity index (χ0) is 85.9. The van der Waals surface area contributed by atoms with Crippen molar-refractivity contribution in [2.24, 2.45) is 0 Å². The highest BCUT2D eigenvalue weighted by molar-refractivity contribution is 5.58. The first kappa shape index (κ1) is 35.0. The molecule has 3 heterocycles. The molecule has 0 spiro atoms. The molecule has 4 aliphatic rings. The van der Waals surface area contributed by atoms with Crippen molar-refractivity contribution in [2.45, 2.75) is 116 Å². The number of fused-ring (bicyclic) bond motifs is 3. The molecule has 10 rings (SSSR count). The Morgan fingerprint density at radius 2 is 0.575 bits per heavy atom. The zero-order valence-electron chi connectivity index (χ0n) is 77.0. The molecule has 6 aromatic carbocycles. The predicted molar refractivity (Wildman–Crippen MR) is 324 cm³/mol. The molecule has 0 N–H and O–H groups in total. The largest absolute Gasteiger partial charge is 0.493 e. The molecule has 0 saturated carbocycles. The molecule has 1 aliphatic carbocycles. The van der Waals surface area contributed by atoms with E-state index in [1.807, 2.05) is 0 Å². The van der Waals surface area contributed by atoms with Gasteiger partial charge in [0.1, 0.15) is 39.4 Å². The van der Waals surface area contributed by atoms with Gasteiger partial charge in [-0.3, -0.25) is 0 Å². The van der Waals surface area contributed by atoms with Crippen molar-refractivity contribution < 1.29 is 126 Å². The van der Waals surface area contributed by atoms with Gasteiger partial charge in [0.2, 0.25) is 0 Å². The Morgan fingerprint density at radius 1 is 0.322 bits per heavy atom. The smallest absolute Gasteiger partial charge is 0.161 e. The predicted octanol–water partition coefficient (Wildman–Crippen LogP) is 12.3. The highest BCUT2D eigenvalue weighted by atomic mass is 16.7. The molecule has 3 aliphatic heterocycles. The molecule has 3 atom stereocenters. The van der Waals surface area contributed by atoms with Crippen LogP contribution in [0.15, 0.2) is 91.0 Å². The Labute approximate surface area is 553 Å². The van der Waals surface area contributed by atoms with Crippen LogP contribution in [0.1, 0.15) is 149 Å². The minimum Gasteiger partial charge on any atom is -0.493 e. The lowest BCUT2D eigenvalue weighted by molar-refractivity contribution is -0.169. The first-order valence-electron chi connectivity index (χ1n) is 42.9. The lowest BCUT2D eigenvalue weighted by atomic mass is 9.94. The van der Waals surface area contributed by atoms with Crippen LogP contribution in [-0.4, -0.2) is 120 Å². The van der Waals surface area contributed by atoms with E-state index in [1.165, 1.54) is 18.2 Å². The summed E-state index contributed by atoms with van der Waals surface area (Å²) in [7, 11) is -20.0. The molecule has 18 heteroatoms. The molecule has 0 amide bonds. The van der Waals surface area contributed by atoms with E-state index >= 15 is 0 Å². The Morgan fingerprint density at radius 3 is 0.828 bits per heavy atom. The van der Waals surface area contributed by atoms with Crippen molar-refractivity contribution in [2.75, 3.05) is 101 Å². The molecule has 468 valence electrons. The van der Waals surface area contributed by atoms with Crippen LogP contribution >= 0.6 is 0 Å². The van der Waals surface area contributed by atoms with Gasteiger partial charge in [0, 0.05) is 19.8 Å². The van der Waals surface area contributed by atoms with E-state index in [0.717, 1.165) is 111 Å². The summed E-state index contributed by atoms with van der Waals surface area (Å²) < 4.78 is 355. The average molecular weight is 1230 g/mol. The van der Waals surface area contributed by atoms with Crippen molar-refractivity contribution in [1.29, 1.82) is 0 Å². The Hall–Kier alpha value is -7.32. The SMILES string of the molecule is [2H]C([2H])([2H])Oc1cc(COC2CCCCO2)ccc1OC([2H])([2H])C([2H])([2H])Oc1cc2c(cc1OC([2H])([2H])[2H])Cc1cc(OC([2H])([2H])C([2H])([2H])Oc3ccc(COC4CCCCO4)cc3OC([2H])([2H])[2H])c(OC([2H])([2H])[2H])cc1Cc1cc(OC([2H])([2H])C([2H])([2H])Oc3ccc(COC4CCCCO4)cc3OC([2H])([2H])[2H])c(OC([2H])([2H])[2H])cc1C2. The molecular formula is C69H84O18. The highest BCUT2D eigenvalue weighted by Crippen LogP contribution is 2.42. The van der Waals surface area contributed by atoms with Crippen LogP contribution in [-0.2, 0) is 67.5 Å². The third-order valence-electron chi connectivity index (χ3n) is 14.4. The summed E-state index contributed by atoms with van der Waals surface area (Å²) in [6.07, 6.45) is 2.94. The maximum atomic E-state index is 9.19. The van der Waals surface area contributed by atoms with E-state index in [4.69, 9.17) is 118 Å². The van der Waals surface area contributed by atoms with Crippen molar-refractivity contribution in [3.8, 4) is 69.0 Å². The highest BCUT2D eigenvalue weighted by Gasteiger charge is 2.25. The summed E-state index contributed by atoms with van der Waals surface area (Å²) >= 11 is 0. The van der Waals surface area contributed by atoms with Crippen molar-refractivity contribution in [1.82, 2.24) is 0 Å². The van der Waals surface area contributed by atoms with E-state index in [9.17, 15) is 8.22 Å². The van der Waals surface area contributed by atoms with Crippen molar-refractivity contribution in [3.05, 3.63) is 141 Å². The lowest BCUT2D eigenvalue weighted by Gasteiger charge is -2.22. The van der Waals surface area contributed by atoms with Crippen LogP contribution in [0.4, 0.5) is 0 Å². The fourth-order valence-corrected chi connectivity index (χ4v) is 9.98. The number of ether oxygens (including phenoxy) is 18. The van der Waals surface area contributed by atoms with Gasteiger partial charge in [-0.25, -0.2) is 0 Å². The average Bonchev–Trinajstić information content (AvgIpc) is 1.74. The van der Waals surface area contributed by atoms with E-state index < -0.39 is 189 Å². The Bertz CT molecular complexity index is 3960. The molecule has 3 saturated heterocycles. The van der Waals surface area contributed by atoms with Gasteiger partial charge >= 0.3 is 0 Å². The molecule has 87 heavy (non-hydrogen) atoms. The van der Waals surface area contributed by atoms with Gasteiger partial charge in [0.15, 0.2) is 87.9 Å². The summed E-state index contributed by atoms with van der Waals surface area (Å²) in [6.45, 7) is -21.8. The summed E-state index contributed by atoms with van der Waals surface area (Å²) in [5, 5.41) is 0. The van der Waals surface area contributed by atoms with Crippen LogP contribution < -0.4 is 56.8 Å². The molecule has 6 aromatic rings. The van der Waals surface area contributed by atoms with Crippen molar-refractivity contribution in [3.63, 3.8) is 0 Å². The summed E-state index contributed by atoms with van der Waals surface area (Å²) in [5.74, 6) is -9.26. The van der Waals surface area contributed by atoms with E-state index in [2.05, 4.69) is 0 Å². The molecule has 3 fully saturated rings. The Kier molecular flexibility index (Phi) is 12.9. The maximum Gasteiger partial charge on any atom is 0.161 e. The monoisotopic (exact) mass is 1230 g/mol. The van der Waals surface area contributed by atoms with Crippen LogP contribution in [0.3, 0.4) is 0 Å². The molecular weight excluding hydrogens is 1120 g/mol. The van der Waals surface area contributed by atoms with Crippen LogP contribution in [0, 0.1) is 0 Å². The number of hydrogen-bond donors (Lipinski definition) is 0. The van der Waals surface area contributed by atoms with Gasteiger partial charge in [-0.15, -0.1) is 0 Å².